The molecule has 3 N–H and O–H groups in total. The van der Waals surface area contributed by atoms with E-state index in [4.69, 9.17) is 9.05 Å². The Kier molecular flexibility index (Phi) is 34.2. The quantitative estimate of drug-likeness (QED) is 0.0254. The molecule has 1 amide bonds. The van der Waals surface area contributed by atoms with Crippen LogP contribution in [0, 0.1) is 0 Å². The van der Waals surface area contributed by atoms with Crippen LogP contribution in [-0.4, -0.2) is 73.4 Å². The minimum Gasteiger partial charge on any atom is -0.387 e. The highest BCUT2D eigenvalue weighted by Crippen LogP contribution is 2.43. The molecule has 8 nitrogen and oxygen atoms in total. The molecule has 53 heavy (non-hydrogen) atoms. The monoisotopic (exact) mass is 764 g/mol. The Morgan fingerprint density at radius 3 is 1.74 bits per heavy atom. The Balaban J connectivity index is 4.62. The van der Waals surface area contributed by atoms with Crippen LogP contribution in [0.1, 0.15) is 149 Å². The van der Waals surface area contributed by atoms with Crippen molar-refractivity contribution in [1.82, 2.24) is 5.32 Å². The zero-order valence-electron chi connectivity index (χ0n) is 34.5. The minimum atomic E-state index is -4.36. The molecular weight excluding hydrogens is 683 g/mol. The molecule has 0 spiro atoms. The van der Waals surface area contributed by atoms with E-state index in [2.05, 4.69) is 79.9 Å². The highest BCUT2D eigenvalue weighted by molar-refractivity contribution is 7.47. The molecule has 0 aromatic rings. The van der Waals surface area contributed by atoms with Crippen LogP contribution in [0.5, 0.6) is 0 Å². The van der Waals surface area contributed by atoms with Crippen molar-refractivity contribution in [3.05, 3.63) is 72.9 Å². The Labute approximate surface area is 325 Å². The molecule has 0 rings (SSSR count). The number of likely N-dealkylation sites (N-methyl/N-ethyl adjacent to an activating group) is 1. The van der Waals surface area contributed by atoms with E-state index in [0.717, 1.165) is 70.6 Å². The van der Waals surface area contributed by atoms with Gasteiger partial charge < -0.3 is 19.8 Å². The van der Waals surface area contributed by atoms with Gasteiger partial charge in [0.15, 0.2) is 0 Å². The second-order valence-electron chi connectivity index (χ2n) is 15.0. The van der Waals surface area contributed by atoms with Crippen LogP contribution in [0.15, 0.2) is 72.9 Å². The van der Waals surface area contributed by atoms with Gasteiger partial charge in [0.25, 0.3) is 0 Å². The molecule has 0 aliphatic carbocycles. The smallest absolute Gasteiger partial charge is 0.387 e. The molecule has 0 aromatic carbocycles. The Morgan fingerprint density at radius 2 is 1.15 bits per heavy atom. The first kappa shape index (κ1) is 50.9. The van der Waals surface area contributed by atoms with Crippen LogP contribution in [-0.2, 0) is 18.4 Å². The van der Waals surface area contributed by atoms with Gasteiger partial charge in [-0.05, 0) is 77.0 Å². The summed E-state index contributed by atoms with van der Waals surface area (Å²) in [6, 6.07) is -0.886. The second kappa shape index (κ2) is 35.6. The van der Waals surface area contributed by atoms with E-state index in [-0.39, 0.29) is 19.1 Å². The lowest BCUT2D eigenvalue weighted by atomic mass is 10.1. The molecule has 0 saturated carbocycles. The van der Waals surface area contributed by atoms with Gasteiger partial charge in [0.1, 0.15) is 13.2 Å². The number of aliphatic hydroxyl groups excluding tert-OH is 1. The van der Waals surface area contributed by atoms with Crippen LogP contribution in [0.2, 0.25) is 0 Å². The molecule has 0 radical (unpaired) electrons. The minimum absolute atomic E-state index is 0.0441. The summed E-state index contributed by atoms with van der Waals surface area (Å²) in [4.78, 5) is 23.0. The number of rotatable bonds is 36. The number of unbranched alkanes of at least 4 members (excludes halogenated alkanes) is 13. The average molecular weight is 764 g/mol. The Morgan fingerprint density at radius 1 is 0.660 bits per heavy atom. The Hall–Kier alpha value is -2.06. The summed E-state index contributed by atoms with van der Waals surface area (Å²) in [7, 11) is 1.51. The highest BCUT2D eigenvalue weighted by atomic mass is 31.2. The standard InChI is InChI=1S/C44H79N2O6P/c1-6-8-10-12-14-16-18-20-21-22-23-24-26-27-29-31-33-35-37-43(47)42(41-52-53(49,50)51-40-39-46(3,4)5)45-44(48)38-36-34-32-30-28-25-19-17-15-13-11-9-7-2/h9,11,15,17,22-23,25,27-29,35,37,42-43,47H,6-8,10,12-14,16,18-21,24,26,30-34,36,38-41H2,1-5H3,(H-,45,48,49,50)/p+1/b11-9-,17-15-,23-22+,28-25-,29-27+,37-35+. The molecule has 3 unspecified atom stereocenters. The fourth-order valence-corrected chi connectivity index (χ4v) is 6.06. The zero-order chi connectivity index (χ0) is 39.3. The number of nitrogens with zero attached hydrogens (tertiary/aromatic N) is 1. The molecule has 0 aromatic heterocycles. The number of aliphatic hydroxyl groups is 1. The number of allylic oxidation sites excluding steroid dienone is 11. The summed E-state index contributed by atoms with van der Waals surface area (Å²) >= 11 is 0. The molecule has 0 aliphatic rings. The average Bonchev–Trinajstić information content (AvgIpc) is 3.10. The van der Waals surface area contributed by atoms with Gasteiger partial charge in [0.2, 0.25) is 5.91 Å². The zero-order valence-corrected chi connectivity index (χ0v) is 35.4. The molecule has 9 heteroatoms. The van der Waals surface area contributed by atoms with E-state index in [1.807, 2.05) is 27.2 Å². The molecule has 0 saturated heterocycles. The van der Waals surface area contributed by atoms with Crippen molar-refractivity contribution in [2.75, 3.05) is 40.9 Å². The highest BCUT2D eigenvalue weighted by Gasteiger charge is 2.27. The van der Waals surface area contributed by atoms with Crippen LogP contribution >= 0.6 is 7.82 Å². The number of hydrogen-bond acceptors (Lipinski definition) is 5. The number of hydrogen-bond donors (Lipinski definition) is 3. The van der Waals surface area contributed by atoms with E-state index in [1.165, 1.54) is 57.8 Å². The van der Waals surface area contributed by atoms with Crippen molar-refractivity contribution in [3.8, 4) is 0 Å². The second-order valence-corrected chi connectivity index (χ2v) is 16.4. The van der Waals surface area contributed by atoms with Crippen LogP contribution in [0.3, 0.4) is 0 Å². The van der Waals surface area contributed by atoms with Crippen LogP contribution in [0.25, 0.3) is 0 Å². The predicted molar refractivity (Wildman–Crippen MR) is 226 cm³/mol. The fourth-order valence-electron chi connectivity index (χ4n) is 5.32. The van der Waals surface area contributed by atoms with Gasteiger partial charge in [-0.1, -0.05) is 138 Å². The maximum atomic E-state index is 12.8. The first-order valence-electron chi connectivity index (χ1n) is 20.8. The van der Waals surface area contributed by atoms with Crippen LogP contribution < -0.4 is 5.32 Å². The molecular formula is C44H80N2O6P+. The number of quaternary nitrogens is 1. The van der Waals surface area contributed by atoms with Crippen LogP contribution in [0.4, 0.5) is 0 Å². The largest absolute Gasteiger partial charge is 0.472 e. The maximum Gasteiger partial charge on any atom is 0.472 e. The van der Waals surface area contributed by atoms with E-state index in [1.54, 1.807) is 6.08 Å². The number of carbonyl (C=O) groups excluding carboxylic acids is 1. The lowest BCUT2D eigenvalue weighted by Gasteiger charge is -2.25. The maximum absolute atomic E-state index is 12.8. The molecule has 0 heterocycles. The summed E-state index contributed by atoms with van der Waals surface area (Å²) in [6.07, 6.45) is 46.9. The topological polar surface area (TPSA) is 105 Å². The molecule has 0 fully saturated rings. The van der Waals surface area contributed by atoms with Gasteiger partial charge in [-0.3, -0.25) is 13.8 Å². The van der Waals surface area contributed by atoms with E-state index < -0.39 is 20.0 Å². The summed E-state index contributed by atoms with van der Waals surface area (Å²) < 4.78 is 23.5. The molecule has 306 valence electrons. The van der Waals surface area contributed by atoms with Crippen molar-refractivity contribution in [2.24, 2.45) is 0 Å². The summed E-state index contributed by atoms with van der Waals surface area (Å²) in [5.41, 5.74) is 0. The number of amides is 1. The normalized spacial score (nSPS) is 15.2. The molecule has 0 bridgehead atoms. The number of phosphoric acid groups is 1. The van der Waals surface area contributed by atoms with Crippen molar-refractivity contribution in [1.29, 1.82) is 0 Å². The third-order valence-corrected chi connectivity index (χ3v) is 9.62. The van der Waals surface area contributed by atoms with Gasteiger partial charge in [-0.2, -0.15) is 0 Å². The predicted octanol–water partition coefficient (Wildman–Crippen LogP) is 11.2. The summed E-state index contributed by atoms with van der Waals surface area (Å²) in [5.74, 6) is -0.225. The summed E-state index contributed by atoms with van der Waals surface area (Å²) in [6.45, 7) is 4.61. The van der Waals surface area contributed by atoms with E-state index >= 15 is 0 Å². The van der Waals surface area contributed by atoms with Crippen molar-refractivity contribution in [3.63, 3.8) is 0 Å². The first-order valence-corrected chi connectivity index (χ1v) is 22.3. The number of carbonyl (C=O) groups is 1. The fraction of sp³-hybridized carbons (Fsp3) is 0.705. The third-order valence-electron chi connectivity index (χ3n) is 8.64. The van der Waals surface area contributed by atoms with Gasteiger partial charge >= 0.3 is 7.82 Å². The first-order chi connectivity index (χ1) is 25.5. The van der Waals surface area contributed by atoms with Gasteiger partial charge in [0, 0.05) is 6.42 Å². The van der Waals surface area contributed by atoms with Gasteiger partial charge in [0.05, 0.1) is 39.9 Å². The SMILES string of the molecule is CC/C=C\C/C=C\C/C=C\CCCCCC(=O)NC(COP(=O)(O)OCC[N+](C)(C)C)C(O)/C=C/CC/C=C/CC/C=C/CCCCCCCCCC. The number of phosphoric ester groups is 1. The van der Waals surface area contributed by atoms with Crippen molar-refractivity contribution >= 4 is 13.7 Å². The van der Waals surface area contributed by atoms with E-state index in [0.29, 0.717) is 17.4 Å². The summed E-state index contributed by atoms with van der Waals surface area (Å²) in [5, 5.41) is 13.7. The number of nitrogens with one attached hydrogen (secondary N) is 1. The molecule has 0 aliphatic heterocycles. The van der Waals surface area contributed by atoms with Gasteiger partial charge in [-0.25, -0.2) is 4.57 Å². The third kappa shape index (κ3) is 38.0. The van der Waals surface area contributed by atoms with E-state index in [9.17, 15) is 19.4 Å². The van der Waals surface area contributed by atoms with Crippen molar-refractivity contribution in [2.45, 2.75) is 161 Å². The lowest BCUT2D eigenvalue weighted by molar-refractivity contribution is -0.870. The Bertz CT molecular complexity index is 1090. The van der Waals surface area contributed by atoms with Crippen molar-refractivity contribution < 1.29 is 32.9 Å². The lowest BCUT2D eigenvalue weighted by Crippen LogP contribution is -2.45. The molecule has 3 atom stereocenters. The van der Waals surface area contributed by atoms with Gasteiger partial charge in [-0.15, -0.1) is 0 Å².